The summed E-state index contributed by atoms with van der Waals surface area (Å²) in [6, 6.07) is 7.73. The minimum Gasteiger partial charge on any atom is -0.458 e. The fraction of sp³-hybridized carbons (Fsp3) is 0.125. The van der Waals surface area contributed by atoms with Gasteiger partial charge < -0.3 is 9.47 Å². The van der Waals surface area contributed by atoms with E-state index in [1.165, 1.54) is 18.3 Å². The number of hydrogen-bond donors (Lipinski definition) is 0. The summed E-state index contributed by atoms with van der Waals surface area (Å²) in [5.74, 6) is -0.674. The highest BCUT2D eigenvalue weighted by Crippen LogP contribution is 2.26. The standard InChI is InChI=1S/C16H11BrClF2NO3/c17-12-3-4-13(24-16(19)20)11(7-12)2-6-15(22)23-9-10-1-5-14(18)21-8-10/h1-8,16H,9H2. The molecule has 1 heterocycles. The first kappa shape index (κ1) is 18.4. The molecule has 24 heavy (non-hydrogen) atoms. The Morgan fingerprint density at radius 1 is 1.33 bits per heavy atom. The van der Waals surface area contributed by atoms with Gasteiger partial charge in [0.25, 0.3) is 0 Å². The van der Waals surface area contributed by atoms with Gasteiger partial charge in [-0.2, -0.15) is 8.78 Å². The van der Waals surface area contributed by atoms with Crippen LogP contribution in [0.5, 0.6) is 5.75 Å². The second-order valence-corrected chi connectivity index (χ2v) is 5.79. The van der Waals surface area contributed by atoms with E-state index in [4.69, 9.17) is 16.3 Å². The number of carbonyl (C=O) groups excluding carboxylic acids is 1. The average Bonchev–Trinajstić information content (AvgIpc) is 2.54. The first-order valence-corrected chi connectivity index (χ1v) is 7.81. The molecule has 0 atom stereocenters. The van der Waals surface area contributed by atoms with Crippen molar-refractivity contribution in [2.75, 3.05) is 0 Å². The fourth-order valence-corrected chi connectivity index (χ4v) is 2.20. The van der Waals surface area contributed by atoms with Crippen LogP contribution in [0.1, 0.15) is 11.1 Å². The maximum Gasteiger partial charge on any atom is 0.387 e. The van der Waals surface area contributed by atoms with Crippen molar-refractivity contribution in [2.24, 2.45) is 0 Å². The number of carbonyl (C=O) groups is 1. The van der Waals surface area contributed by atoms with Crippen molar-refractivity contribution in [3.8, 4) is 5.75 Å². The number of halogens is 4. The lowest BCUT2D eigenvalue weighted by Gasteiger charge is -2.08. The van der Waals surface area contributed by atoms with Crippen molar-refractivity contribution in [1.82, 2.24) is 4.98 Å². The van der Waals surface area contributed by atoms with Crippen molar-refractivity contribution in [2.45, 2.75) is 13.2 Å². The van der Waals surface area contributed by atoms with Crippen LogP contribution in [0.3, 0.4) is 0 Å². The molecule has 0 radical (unpaired) electrons. The van der Waals surface area contributed by atoms with Gasteiger partial charge in [0.2, 0.25) is 0 Å². The number of nitrogens with zero attached hydrogens (tertiary/aromatic N) is 1. The van der Waals surface area contributed by atoms with Gasteiger partial charge in [0.1, 0.15) is 17.5 Å². The van der Waals surface area contributed by atoms with Gasteiger partial charge in [0, 0.05) is 27.9 Å². The summed E-state index contributed by atoms with van der Waals surface area (Å²) in [5, 5.41) is 0.339. The van der Waals surface area contributed by atoms with Crippen LogP contribution in [-0.4, -0.2) is 17.6 Å². The third-order valence-corrected chi connectivity index (χ3v) is 3.47. The van der Waals surface area contributed by atoms with E-state index in [9.17, 15) is 13.6 Å². The predicted octanol–water partition coefficient (Wildman–Crippen LogP) is 4.86. The zero-order chi connectivity index (χ0) is 17.5. The van der Waals surface area contributed by atoms with E-state index in [1.54, 1.807) is 24.3 Å². The third-order valence-electron chi connectivity index (χ3n) is 2.76. The molecular weight excluding hydrogens is 408 g/mol. The lowest BCUT2D eigenvalue weighted by atomic mass is 10.2. The second kappa shape index (κ2) is 8.75. The van der Waals surface area contributed by atoms with E-state index >= 15 is 0 Å². The van der Waals surface area contributed by atoms with Gasteiger partial charge in [-0.15, -0.1) is 0 Å². The van der Waals surface area contributed by atoms with Crippen molar-refractivity contribution in [3.63, 3.8) is 0 Å². The third kappa shape index (κ3) is 5.90. The molecule has 2 aromatic rings. The van der Waals surface area contributed by atoms with Gasteiger partial charge in [-0.25, -0.2) is 9.78 Å². The molecule has 0 saturated heterocycles. The van der Waals surface area contributed by atoms with Crippen LogP contribution >= 0.6 is 27.5 Å². The van der Waals surface area contributed by atoms with E-state index < -0.39 is 12.6 Å². The van der Waals surface area contributed by atoms with Crippen molar-refractivity contribution >= 4 is 39.6 Å². The largest absolute Gasteiger partial charge is 0.458 e. The van der Waals surface area contributed by atoms with Crippen LogP contribution in [0.4, 0.5) is 8.78 Å². The maximum atomic E-state index is 12.4. The summed E-state index contributed by atoms with van der Waals surface area (Å²) in [7, 11) is 0. The van der Waals surface area contributed by atoms with E-state index in [2.05, 4.69) is 25.7 Å². The molecule has 126 valence electrons. The number of ether oxygens (including phenoxy) is 2. The van der Waals surface area contributed by atoms with Gasteiger partial charge in [-0.05, 0) is 30.3 Å². The number of hydrogen-bond acceptors (Lipinski definition) is 4. The van der Waals surface area contributed by atoms with E-state index in [0.29, 0.717) is 20.8 Å². The van der Waals surface area contributed by atoms with Crippen LogP contribution in [0.2, 0.25) is 5.15 Å². The molecule has 8 heteroatoms. The maximum absolute atomic E-state index is 12.4. The van der Waals surface area contributed by atoms with E-state index in [0.717, 1.165) is 6.08 Å². The van der Waals surface area contributed by atoms with Crippen molar-refractivity contribution in [1.29, 1.82) is 0 Å². The number of rotatable bonds is 6. The smallest absolute Gasteiger partial charge is 0.387 e. The van der Waals surface area contributed by atoms with Crippen molar-refractivity contribution < 1.29 is 23.0 Å². The molecule has 1 aromatic heterocycles. The van der Waals surface area contributed by atoms with Crippen LogP contribution in [0.25, 0.3) is 6.08 Å². The monoisotopic (exact) mass is 417 g/mol. The summed E-state index contributed by atoms with van der Waals surface area (Å²) in [5.41, 5.74) is 0.986. The van der Waals surface area contributed by atoms with Gasteiger partial charge in [0.15, 0.2) is 0 Å². The SMILES string of the molecule is O=C(C=Cc1cc(Br)ccc1OC(F)F)OCc1ccc(Cl)nc1. The molecule has 0 unspecified atom stereocenters. The molecule has 0 aliphatic rings. The highest BCUT2D eigenvalue weighted by Gasteiger charge is 2.09. The number of esters is 1. The molecule has 4 nitrogen and oxygen atoms in total. The Balaban J connectivity index is 2.00. The molecule has 0 bridgehead atoms. The second-order valence-electron chi connectivity index (χ2n) is 4.49. The number of aromatic nitrogens is 1. The van der Waals surface area contributed by atoms with Gasteiger partial charge in [-0.3, -0.25) is 0 Å². The Morgan fingerprint density at radius 3 is 2.79 bits per heavy atom. The molecule has 2 rings (SSSR count). The lowest BCUT2D eigenvalue weighted by Crippen LogP contribution is -2.04. The molecule has 1 aromatic carbocycles. The summed E-state index contributed by atoms with van der Waals surface area (Å²) >= 11 is 8.88. The average molecular weight is 419 g/mol. The number of benzene rings is 1. The molecule has 0 amide bonds. The highest BCUT2D eigenvalue weighted by atomic mass is 79.9. The Hall–Kier alpha value is -1.99. The number of pyridine rings is 1. The molecule has 0 N–H and O–H groups in total. The van der Waals surface area contributed by atoms with Gasteiger partial charge in [0.05, 0.1) is 0 Å². The topological polar surface area (TPSA) is 48.4 Å². The van der Waals surface area contributed by atoms with Crippen LogP contribution in [0.15, 0.2) is 47.1 Å². The predicted molar refractivity (Wildman–Crippen MR) is 88.9 cm³/mol. The molecule has 0 aliphatic carbocycles. The number of alkyl halides is 2. The van der Waals surface area contributed by atoms with E-state index in [-0.39, 0.29) is 12.4 Å². The Labute approximate surface area is 150 Å². The lowest BCUT2D eigenvalue weighted by molar-refractivity contribution is -0.138. The summed E-state index contributed by atoms with van der Waals surface area (Å²) in [6.45, 7) is -2.94. The highest BCUT2D eigenvalue weighted by molar-refractivity contribution is 9.10. The normalized spacial score (nSPS) is 11.0. The minimum absolute atomic E-state index is 0.0201. The van der Waals surface area contributed by atoms with Crippen molar-refractivity contribution in [3.05, 3.63) is 63.4 Å². The van der Waals surface area contributed by atoms with E-state index in [1.807, 2.05) is 0 Å². The summed E-state index contributed by atoms with van der Waals surface area (Å²) in [4.78, 5) is 15.6. The van der Waals surface area contributed by atoms with Crippen LogP contribution in [0, 0.1) is 0 Å². The molecule has 0 fully saturated rings. The van der Waals surface area contributed by atoms with Crippen LogP contribution in [-0.2, 0) is 16.1 Å². The molecule has 0 aliphatic heterocycles. The Morgan fingerprint density at radius 2 is 2.12 bits per heavy atom. The quantitative estimate of drug-likeness (QED) is 0.382. The Bertz CT molecular complexity index is 739. The fourth-order valence-electron chi connectivity index (χ4n) is 1.71. The molecule has 0 spiro atoms. The molecular formula is C16H11BrClF2NO3. The zero-order valence-electron chi connectivity index (χ0n) is 12.1. The first-order valence-electron chi connectivity index (χ1n) is 6.63. The van der Waals surface area contributed by atoms with Crippen LogP contribution < -0.4 is 4.74 Å². The van der Waals surface area contributed by atoms with Gasteiger partial charge in [-0.1, -0.05) is 33.6 Å². The summed E-state index contributed by atoms with van der Waals surface area (Å²) in [6.07, 6.45) is 3.95. The minimum atomic E-state index is -2.96. The first-order chi connectivity index (χ1) is 11.4. The summed E-state index contributed by atoms with van der Waals surface area (Å²) < 4.78 is 34.8. The molecule has 0 saturated carbocycles. The Kier molecular flexibility index (Phi) is 6.69. The zero-order valence-corrected chi connectivity index (χ0v) is 14.4. The van der Waals surface area contributed by atoms with Gasteiger partial charge >= 0.3 is 12.6 Å².